The minimum Gasteiger partial charge on any atom is -0.352 e. The first kappa shape index (κ1) is 23.2. The first-order chi connectivity index (χ1) is 13.7. The molecule has 0 heterocycles. The van der Waals surface area contributed by atoms with Crippen LogP contribution in [0.15, 0.2) is 42.5 Å². The fourth-order valence-corrected chi connectivity index (χ4v) is 3.08. The number of nitrogens with one attached hydrogen (secondary N) is 1. The molecule has 0 fully saturated rings. The zero-order valence-corrected chi connectivity index (χ0v) is 18.2. The lowest BCUT2D eigenvalue weighted by Crippen LogP contribution is -2.49. The second kappa shape index (κ2) is 10.6. The first-order valence-corrected chi connectivity index (χ1v) is 10.2. The molecule has 0 saturated heterocycles. The molecule has 0 bridgehead atoms. The lowest BCUT2D eigenvalue weighted by atomic mass is 10.1. The monoisotopic (exact) mass is 438 g/mol. The number of benzene rings is 2. The summed E-state index contributed by atoms with van der Waals surface area (Å²) in [6.45, 7) is 5.76. The van der Waals surface area contributed by atoms with Crippen molar-refractivity contribution in [2.75, 3.05) is 0 Å². The predicted molar refractivity (Wildman–Crippen MR) is 114 cm³/mol. The van der Waals surface area contributed by atoms with Crippen molar-refractivity contribution in [1.82, 2.24) is 10.2 Å². The predicted octanol–water partition coefficient (Wildman–Crippen LogP) is 5.01. The summed E-state index contributed by atoms with van der Waals surface area (Å²) in [6, 6.07) is 10.2. The number of nitrogens with zero attached hydrogens (tertiary/aromatic N) is 1. The molecule has 0 saturated carbocycles. The lowest BCUT2D eigenvalue weighted by molar-refractivity contribution is -0.140. The van der Waals surface area contributed by atoms with Gasteiger partial charge < -0.3 is 10.2 Å². The molecule has 0 aromatic heterocycles. The molecule has 4 nitrogen and oxygen atoms in total. The molecular weight excluding hydrogens is 414 g/mol. The maximum Gasteiger partial charge on any atom is 0.242 e. The van der Waals surface area contributed by atoms with Crippen LogP contribution in [0.5, 0.6) is 0 Å². The van der Waals surface area contributed by atoms with E-state index in [0.29, 0.717) is 15.6 Å². The van der Waals surface area contributed by atoms with E-state index in [4.69, 9.17) is 23.2 Å². The highest BCUT2D eigenvalue weighted by molar-refractivity contribution is 6.42. The fraction of sp³-hybridized carbons (Fsp3) is 0.364. The van der Waals surface area contributed by atoms with Crippen molar-refractivity contribution in [3.05, 3.63) is 69.5 Å². The second-order valence-corrected chi connectivity index (χ2v) is 7.88. The van der Waals surface area contributed by atoms with Crippen LogP contribution in [0.2, 0.25) is 10.0 Å². The van der Waals surface area contributed by atoms with Gasteiger partial charge in [-0.15, -0.1) is 0 Å². The van der Waals surface area contributed by atoms with Gasteiger partial charge in [-0.1, -0.05) is 48.3 Å². The van der Waals surface area contributed by atoms with Crippen LogP contribution in [-0.4, -0.2) is 28.8 Å². The Morgan fingerprint density at radius 2 is 1.66 bits per heavy atom. The maximum absolute atomic E-state index is 13.2. The van der Waals surface area contributed by atoms with Gasteiger partial charge in [0.25, 0.3) is 0 Å². The zero-order chi connectivity index (χ0) is 21.6. The van der Waals surface area contributed by atoms with E-state index in [2.05, 4.69) is 5.32 Å². The van der Waals surface area contributed by atoms with Crippen molar-refractivity contribution >= 4 is 35.0 Å². The number of hydrogen-bond acceptors (Lipinski definition) is 2. The summed E-state index contributed by atoms with van der Waals surface area (Å²) in [5.74, 6) is -0.825. The molecule has 0 radical (unpaired) electrons. The number of carbonyl (C=O) groups is 2. The quantitative estimate of drug-likeness (QED) is 0.629. The van der Waals surface area contributed by atoms with Gasteiger partial charge in [-0.3, -0.25) is 9.59 Å². The first-order valence-electron chi connectivity index (χ1n) is 9.49. The Morgan fingerprint density at radius 1 is 1.03 bits per heavy atom. The molecule has 156 valence electrons. The Bertz CT molecular complexity index is 858. The van der Waals surface area contributed by atoms with Crippen LogP contribution in [-0.2, 0) is 22.6 Å². The smallest absolute Gasteiger partial charge is 0.242 e. The van der Waals surface area contributed by atoms with Gasteiger partial charge in [0.05, 0.1) is 16.5 Å². The Morgan fingerprint density at radius 3 is 2.24 bits per heavy atom. The van der Waals surface area contributed by atoms with E-state index in [0.717, 1.165) is 12.0 Å². The number of rotatable bonds is 8. The Hall–Kier alpha value is -2.11. The molecule has 2 aromatic carbocycles. The summed E-state index contributed by atoms with van der Waals surface area (Å²) >= 11 is 12.0. The molecular formula is C22H25Cl2FN2O2. The van der Waals surface area contributed by atoms with Crippen molar-refractivity contribution in [3.8, 4) is 0 Å². The fourth-order valence-electron chi connectivity index (χ4n) is 2.76. The van der Waals surface area contributed by atoms with Gasteiger partial charge in [0.2, 0.25) is 11.8 Å². The average molecular weight is 439 g/mol. The van der Waals surface area contributed by atoms with Crippen LogP contribution in [0.1, 0.15) is 38.3 Å². The number of halogens is 3. The molecule has 0 aliphatic carbocycles. The molecule has 2 atom stereocenters. The van der Waals surface area contributed by atoms with E-state index in [-0.39, 0.29) is 36.6 Å². The largest absolute Gasteiger partial charge is 0.352 e. The van der Waals surface area contributed by atoms with Gasteiger partial charge in [-0.05, 0) is 55.7 Å². The Kier molecular flexibility index (Phi) is 8.47. The average Bonchev–Trinajstić information content (AvgIpc) is 2.69. The normalized spacial score (nSPS) is 12.9. The standard InChI is InChI=1S/C22H25Cl2FN2O2/c1-4-14(2)26-22(29)15(3)27(13-16-5-8-18(25)9-6-16)21(28)12-17-7-10-19(23)20(24)11-17/h5-11,14-15H,4,12-13H2,1-3H3,(H,26,29)/t14-,15-/m1/s1. The molecule has 2 rings (SSSR count). The van der Waals surface area contributed by atoms with Crippen molar-refractivity contribution in [2.45, 2.75) is 52.2 Å². The molecule has 0 unspecified atom stereocenters. The van der Waals surface area contributed by atoms with Crippen LogP contribution in [0.25, 0.3) is 0 Å². The highest BCUT2D eigenvalue weighted by Crippen LogP contribution is 2.23. The van der Waals surface area contributed by atoms with Gasteiger partial charge in [-0.25, -0.2) is 4.39 Å². The van der Waals surface area contributed by atoms with Gasteiger partial charge in [0, 0.05) is 12.6 Å². The third-order valence-electron chi connectivity index (χ3n) is 4.77. The van der Waals surface area contributed by atoms with E-state index in [1.54, 1.807) is 37.3 Å². The topological polar surface area (TPSA) is 49.4 Å². The summed E-state index contributed by atoms with van der Waals surface area (Å²) in [5, 5.41) is 3.68. The maximum atomic E-state index is 13.2. The SMILES string of the molecule is CC[C@@H](C)NC(=O)[C@@H](C)N(Cc1ccc(F)cc1)C(=O)Cc1ccc(Cl)c(Cl)c1. The summed E-state index contributed by atoms with van der Waals surface area (Å²) in [4.78, 5) is 27.2. The van der Waals surface area contributed by atoms with Crippen LogP contribution in [0, 0.1) is 5.82 Å². The highest BCUT2D eigenvalue weighted by atomic mass is 35.5. The van der Waals surface area contributed by atoms with E-state index < -0.39 is 6.04 Å². The van der Waals surface area contributed by atoms with Gasteiger partial charge in [0.15, 0.2) is 0 Å². The molecule has 0 spiro atoms. The van der Waals surface area contributed by atoms with E-state index in [1.807, 2.05) is 13.8 Å². The summed E-state index contributed by atoms with van der Waals surface area (Å²) in [7, 11) is 0. The summed E-state index contributed by atoms with van der Waals surface area (Å²) in [6.07, 6.45) is 0.854. The summed E-state index contributed by atoms with van der Waals surface area (Å²) in [5.41, 5.74) is 1.43. The Balaban J connectivity index is 2.23. The van der Waals surface area contributed by atoms with Crippen LogP contribution >= 0.6 is 23.2 Å². The molecule has 29 heavy (non-hydrogen) atoms. The minimum atomic E-state index is -0.690. The van der Waals surface area contributed by atoms with Crippen molar-refractivity contribution < 1.29 is 14.0 Å². The second-order valence-electron chi connectivity index (χ2n) is 7.07. The van der Waals surface area contributed by atoms with Crippen molar-refractivity contribution in [1.29, 1.82) is 0 Å². The van der Waals surface area contributed by atoms with Crippen LogP contribution in [0.4, 0.5) is 4.39 Å². The highest BCUT2D eigenvalue weighted by Gasteiger charge is 2.27. The summed E-state index contributed by atoms with van der Waals surface area (Å²) < 4.78 is 13.2. The third-order valence-corrected chi connectivity index (χ3v) is 5.51. The van der Waals surface area contributed by atoms with Crippen LogP contribution in [0.3, 0.4) is 0 Å². The number of hydrogen-bond donors (Lipinski definition) is 1. The number of amides is 2. The van der Waals surface area contributed by atoms with Gasteiger partial charge in [-0.2, -0.15) is 0 Å². The zero-order valence-electron chi connectivity index (χ0n) is 16.7. The number of carbonyl (C=O) groups excluding carboxylic acids is 2. The van der Waals surface area contributed by atoms with Crippen molar-refractivity contribution in [2.24, 2.45) is 0 Å². The van der Waals surface area contributed by atoms with E-state index >= 15 is 0 Å². The molecule has 0 aliphatic heterocycles. The van der Waals surface area contributed by atoms with Crippen molar-refractivity contribution in [3.63, 3.8) is 0 Å². The lowest BCUT2D eigenvalue weighted by Gasteiger charge is -2.30. The molecule has 2 aromatic rings. The third kappa shape index (κ3) is 6.72. The molecule has 1 N–H and O–H groups in total. The molecule has 2 amide bonds. The van der Waals surface area contributed by atoms with Gasteiger partial charge in [0.1, 0.15) is 11.9 Å². The minimum absolute atomic E-state index is 0.00259. The molecule has 7 heteroatoms. The van der Waals surface area contributed by atoms with E-state index in [1.165, 1.54) is 17.0 Å². The van der Waals surface area contributed by atoms with Gasteiger partial charge >= 0.3 is 0 Å². The van der Waals surface area contributed by atoms with E-state index in [9.17, 15) is 14.0 Å². The molecule has 0 aliphatic rings. The van der Waals surface area contributed by atoms with Crippen LogP contribution < -0.4 is 5.32 Å². The Labute approximate surface area is 181 Å².